The van der Waals surface area contributed by atoms with Crippen molar-refractivity contribution in [2.24, 2.45) is 0 Å². The Morgan fingerprint density at radius 1 is 1.16 bits per heavy atom. The molecule has 0 fully saturated rings. The van der Waals surface area contributed by atoms with Crippen LogP contribution in [0.15, 0.2) is 12.3 Å². The van der Waals surface area contributed by atoms with E-state index in [4.69, 9.17) is 0 Å². The van der Waals surface area contributed by atoms with Crippen LogP contribution in [-0.2, 0) is 0 Å². The van der Waals surface area contributed by atoms with Gasteiger partial charge < -0.3 is 9.80 Å². The number of nitrogens with zero attached hydrogens (tertiary/aromatic N) is 5. The Kier molecular flexibility index (Phi) is 4.70. The Balaban J connectivity index is 3.06. The van der Waals surface area contributed by atoms with Gasteiger partial charge in [0.05, 0.1) is 15.9 Å². The van der Waals surface area contributed by atoms with Crippen LogP contribution in [0, 0.1) is 20.2 Å². The molecule has 0 atom stereocenters. The van der Waals surface area contributed by atoms with Crippen molar-refractivity contribution in [1.82, 2.24) is 9.88 Å². The lowest BCUT2D eigenvalue weighted by atomic mass is 10.3. The van der Waals surface area contributed by atoms with Crippen molar-refractivity contribution < 1.29 is 9.85 Å². The van der Waals surface area contributed by atoms with E-state index < -0.39 is 15.5 Å². The number of aromatic nitrogens is 1. The zero-order chi connectivity index (χ0) is 14.6. The Bertz CT molecular complexity index is 491. The summed E-state index contributed by atoms with van der Waals surface area (Å²) in [6.45, 7) is 1.21. The number of pyridine rings is 1. The van der Waals surface area contributed by atoms with Crippen molar-refractivity contribution in [2.75, 3.05) is 39.1 Å². The van der Waals surface area contributed by atoms with Gasteiger partial charge in [-0.25, -0.2) is 4.98 Å². The van der Waals surface area contributed by atoms with Crippen molar-refractivity contribution in [3.63, 3.8) is 0 Å². The third-order valence-electron chi connectivity index (χ3n) is 2.48. The van der Waals surface area contributed by atoms with Crippen molar-refractivity contribution in [3.05, 3.63) is 32.5 Å². The lowest BCUT2D eigenvalue weighted by molar-refractivity contribution is -0.394. The fraction of sp³-hybridized carbons (Fsp3) is 0.500. The molecule has 1 heterocycles. The summed E-state index contributed by atoms with van der Waals surface area (Å²) in [5, 5.41) is 21.5. The predicted octanol–water partition coefficient (Wildman–Crippen LogP) is 0.896. The van der Waals surface area contributed by atoms with Crippen LogP contribution in [-0.4, -0.2) is 54.0 Å². The van der Waals surface area contributed by atoms with Crippen LogP contribution >= 0.6 is 0 Å². The Hall–Kier alpha value is -2.29. The molecular formula is C10H15N5O4. The highest BCUT2D eigenvalue weighted by atomic mass is 16.6. The first-order valence-corrected chi connectivity index (χ1v) is 5.47. The third-order valence-corrected chi connectivity index (χ3v) is 2.48. The molecule has 0 aliphatic heterocycles. The molecule has 9 nitrogen and oxygen atoms in total. The first kappa shape index (κ1) is 14.8. The molecule has 0 radical (unpaired) electrons. The number of likely N-dealkylation sites (N-methyl/N-ethyl adjacent to an activating group) is 2. The number of nitro groups is 2. The van der Waals surface area contributed by atoms with Gasteiger partial charge in [0, 0.05) is 20.1 Å². The van der Waals surface area contributed by atoms with E-state index in [0.717, 1.165) is 12.3 Å². The fourth-order valence-corrected chi connectivity index (χ4v) is 1.42. The second-order valence-electron chi connectivity index (χ2n) is 4.28. The van der Waals surface area contributed by atoms with Crippen molar-refractivity contribution in [3.8, 4) is 0 Å². The van der Waals surface area contributed by atoms with Gasteiger partial charge in [0.2, 0.25) is 5.82 Å². The molecular weight excluding hydrogens is 254 g/mol. The van der Waals surface area contributed by atoms with Crippen LogP contribution in [0.5, 0.6) is 0 Å². The maximum absolute atomic E-state index is 10.9. The van der Waals surface area contributed by atoms with Crippen LogP contribution in [0.4, 0.5) is 17.2 Å². The molecule has 1 aromatic heterocycles. The van der Waals surface area contributed by atoms with Gasteiger partial charge in [0.1, 0.15) is 6.20 Å². The quantitative estimate of drug-likeness (QED) is 0.557. The molecule has 9 heteroatoms. The predicted molar refractivity (Wildman–Crippen MR) is 69.4 cm³/mol. The molecule has 0 saturated heterocycles. The number of rotatable bonds is 6. The second-order valence-corrected chi connectivity index (χ2v) is 4.28. The zero-order valence-corrected chi connectivity index (χ0v) is 10.9. The van der Waals surface area contributed by atoms with Crippen molar-refractivity contribution in [2.45, 2.75) is 0 Å². The van der Waals surface area contributed by atoms with Crippen LogP contribution in [0.25, 0.3) is 0 Å². The van der Waals surface area contributed by atoms with Crippen LogP contribution in [0.2, 0.25) is 0 Å². The molecule has 0 bridgehead atoms. The summed E-state index contributed by atoms with van der Waals surface area (Å²) in [6.07, 6.45) is 1.02. The number of hydrogen-bond acceptors (Lipinski definition) is 7. The standard InChI is InChI=1S/C10H15N5O4/c1-12(2)4-5-13(3)10-9(15(18)19)6-8(7-11-10)14(16)17/h6-7H,4-5H2,1-3H3. The van der Waals surface area contributed by atoms with Gasteiger partial charge in [0.15, 0.2) is 0 Å². The molecule has 0 aromatic carbocycles. The molecule has 19 heavy (non-hydrogen) atoms. The van der Waals surface area contributed by atoms with E-state index in [1.807, 2.05) is 19.0 Å². The van der Waals surface area contributed by atoms with Gasteiger partial charge in [-0.05, 0) is 14.1 Å². The summed E-state index contributed by atoms with van der Waals surface area (Å²) < 4.78 is 0. The normalized spacial score (nSPS) is 10.5. The maximum atomic E-state index is 10.9. The molecule has 0 spiro atoms. The SMILES string of the molecule is CN(C)CCN(C)c1ncc([N+](=O)[O-])cc1[N+](=O)[O-]. The highest BCUT2D eigenvalue weighted by molar-refractivity contribution is 5.60. The maximum Gasteiger partial charge on any atom is 0.318 e. The zero-order valence-electron chi connectivity index (χ0n) is 10.9. The van der Waals surface area contributed by atoms with Crippen LogP contribution in [0.3, 0.4) is 0 Å². The fourth-order valence-electron chi connectivity index (χ4n) is 1.42. The Morgan fingerprint density at radius 2 is 1.79 bits per heavy atom. The first-order valence-electron chi connectivity index (χ1n) is 5.47. The van der Waals surface area contributed by atoms with Crippen LogP contribution < -0.4 is 4.90 Å². The van der Waals surface area contributed by atoms with Gasteiger partial charge >= 0.3 is 5.69 Å². The van der Waals surface area contributed by atoms with Crippen molar-refractivity contribution >= 4 is 17.2 Å². The summed E-state index contributed by atoms with van der Waals surface area (Å²) in [4.78, 5) is 27.5. The van der Waals surface area contributed by atoms with Gasteiger partial charge in [-0.1, -0.05) is 0 Å². The van der Waals surface area contributed by atoms with Gasteiger partial charge in [-0.15, -0.1) is 0 Å². The number of anilines is 1. The van der Waals surface area contributed by atoms with E-state index in [2.05, 4.69) is 4.98 Å². The molecule has 0 unspecified atom stereocenters. The molecule has 0 amide bonds. The highest BCUT2D eigenvalue weighted by Crippen LogP contribution is 2.28. The summed E-state index contributed by atoms with van der Waals surface area (Å²) in [5.41, 5.74) is -0.757. The second kappa shape index (κ2) is 6.05. The monoisotopic (exact) mass is 269 g/mol. The first-order chi connectivity index (χ1) is 8.82. The molecule has 0 aliphatic rings. The minimum absolute atomic E-state index is 0.123. The smallest absolute Gasteiger partial charge is 0.318 e. The van der Waals surface area contributed by atoms with E-state index in [-0.39, 0.29) is 11.5 Å². The average molecular weight is 269 g/mol. The molecule has 0 aliphatic carbocycles. The van der Waals surface area contributed by atoms with Gasteiger partial charge in [0.25, 0.3) is 5.69 Å². The lowest BCUT2D eigenvalue weighted by Crippen LogP contribution is -2.29. The molecule has 1 rings (SSSR count). The topological polar surface area (TPSA) is 106 Å². The minimum atomic E-state index is -0.705. The van der Waals surface area contributed by atoms with E-state index in [0.29, 0.717) is 13.1 Å². The summed E-state index contributed by atoms with van der Waals surface area (Å²) in [5.74, 6) is 0.123. The largest absolute Gasteiger partial charge is 0.353 e. The lowest BCUT2D eigenvalue weighted by Gasteiger charge is -2.19. The Morgan fingerprint density at radius 3 is 2.26 bits per heavy atom. The van der Waals surface area contributed by atoms with E-state index >= 15 is 0 Å². The van der Waals surface area contributed by atoms with Crippen molar-refractivity contribution in [1.29, 1.82) is 0 Å². The van der Waals surface area contributed by atoms with Gasteiger partial charge in [-0.3, -0.25) is 20.2 Å². The Labute approximate surface area is 109 Å². The van der Waals surface area contributed by atoms with Gasteiger partial charge in [-0.2, -0.15) is 0 Å². The van der Waals surface area contributed by atoms with E-state index in [9.17, 15) is 20.2 Å². The van der Waals surface area contributed by atoms with Crippen LogP contribution in [0.1, 0.15) is 0 Å². The third kappa shape index (κ3) is 3.85. The number of hydrogen-bond donors (Lipinski definition) is 0. The minimum Gasteiger partial charge on any atom is -0.353 e. The van der Waals surface area contributed by atoms with E-state index in [1.165, 1.54) is 0 Å². The highest BCUT2D eigenvalue weighted by Gasteiger charge is 2.23. The summed E-state index contributed by atoms with van der Waals surface area (Å²) >= 11 is 0. The molecule has 0 N–H and O–H groups in total. The summed E-state index contributed by atoms with van der Waals surface area (Å²) in [6, 6.07) is 0.925. The van der Waals surface area contributed by atoms with E-state index in [1.54, 1.807) is 11.9 Å². The summed E-state index contributed by atoms with van der Waals surface area (Å²) in [7, 11) is 5.42. The molecule has 104 valence electrons. The molecule has 0 saturated carbocycles. The molecule has 1 aromatic rings. The average Bonchev–Trinajstić information content (AvgIpc) is 2.34.